The first-order valence-corrected chi connectivity index (χ1v) is 10.1. The van der Waals surface area contributed by atoms with Gasteiger partial charge in [0, 0.05) is 17.8 Å². The molecule has 1 aliphatic carbocycles. The standard InChI is InChI=1S/C13H28N2O2S2/c1-4-8-14-10-11(2)19(16,17)15-12-6-5-7-13(9-12)18-3/h11-15H,4-10H2,1-3H3. The third kappa shape index (κ3) is 6.02. The van der Waals surface area contributed by atoms with Crippen LogP contribution < -0.4 is 10.0 Å². The highest BCUT2D eigenvalue weighted by Crippen LogP contribution is 2.27. The average Bonchev–Trinajstić information content (AvgIpc) is 2.38. The molecule has 19 heavy (non-hydrogen) atoms. The molecule has 0 aromatic rings. The van der Waals surface area contributed by atoms with E-state index in [4.69, 9.17) is 0 Å². The molecule has 6 heteroatoms. The maximum absolute atomic E-state index is 12.2. The van der Waals surface area contributed by atoms with Gasteiger partial charge in [0.05, 0.1) is 5.25 Å². The van der Waals surface area contributed by atoms with Gasteiger partial charge in [0.15, 0.2) is 0 Å². The topological polar surface area (TPSA) is 58.2 Å². The zero-order valence-corrected chi connectivity index (χ0v) is 13.9. The van der Waals surface area contributed by atoms with Crippen LogP contribution in [-0.4, -0.2) is 44.3 Å². The highest BCUT2D eigenvalue weighted by Gasteiger charge is 2.28. The Labute approximate surface area is 122 Å². The molecule has 1 aliphatic rings. The second-order valence-corrected chi connectivity index (χ2v) is 8.67. The largest absolute Gasteiger partial charge is 0.315 e. The average molecular weight is 309 g/mol. The van der Waals surface area contributed by atoms with Crippen molar-refractivity contribution in [1.29, 1.82) is 0 Å². The lowest BCUT2D eigenvalue weighted by molar-refractivity contribution is 0.418. The van der Waals surface area contributed by atoms with Gasteiger partial charge in [-0.15, -0.1) is 0 Å². The molecular formula is C13H28N2O2S2. The van der Waals surface area contributed by atoms with Crippen molar-refractivity contribution >= 4 is 21.8 Å². The van der Waals surface area contributed by atoms with E-state index in [0.717, 1.165) is 32.2 Å². The molecule has 1 saturated carbocycles. The molecule has 0 spiro atoms. The lowest BCUT2D eigenvalue weighted by atomic mass is 9.96. The van der Waals surface area contributed by atoms with Gasteiger partial charge in [-0.3, -0.25) is 0 Å². The highest BCUT2D eigenvalue weighted by molar-refractivity contribution is 7.99. The first-order valence-electron chi connectivity index (χ1n) is 7.24. The quantitative estimate of drug-likeness (QED) is 0.673. The number of rotatable bonds is 8. The second-order valence-electron chi connectivity index (χ2n) is 5.40. The summed E-state index contributed by atoms with van der Waals surface area (Å²) in [5, 5.41) is 3.41. The lowest BCUT2D eigenvalue weighted by Crippen LogP contribution is -2.45. The Morgan fingerprint density at radius 2 is 2.11 bits per heavy atom. The lowest BCUT2D eigenvalue weighted by Gasteiger charge is -2.29. The minimum Gasteiger partial charge on any atom is -0.315 e. The van der Waals surface area contributed by atoms with Crippen molar-refractivity contribution in [3.05, 3.63) is 0 Å². The first-order chi connectivity index (χ1) is 8.99. The first kappa shape index (κ1) is 17.3. The number of hydrogen-bond donors (Lipinski definition) is 2. The van der Waals surface area contributed by atoms with Crippen LogP contribution in [0.15, 0.2) is 0 Å². The fourth-order valence-corrected chi connectivity index (χ4v) is 4.48. The van der Waals surface area contributed by atoms with E-state index in [1.165, 1.54) is 6.42 Å². The molecular weight excluding hydrogens is 280 g/mol. The molecule has 2 N–H and O–H groups in total. The Morgan fingerprint density at radius 1 is 1.37 bits per heavy atom. The van der Waals surface area contributed by atoms with Gasteiger partial charge < -0.3 is 5.32 Å². The van der Waals surface area contributed by atoms with Crippen molar-refractivity contribution < 1.29 is 8.42 Å². The van der Waals surface area contributed by atoms with Crippen LogP contribution in [0.3, 0.4) is 0 Å². The molecule has 114 valence electrons. The molecule has 0 bridgehead atoms. The molecule has 0 saturated heterocycles. The van der Waals surface area contributed by atoms with Crippen LogP contribution >= 0.6 is 11.8 Å². The fourth-order valence-electron chi connectivity index (χ4n) is 2.41. The predicted octanol–water partition coefficient (Wildman–Crippen LogP) is 1.97. The minimum absolute atomic E-state index is 0.129. The van der Waals surface area contributed by atoms with Crippen LogP contribution in [0.2, 0.25) is 0 Å². The van der Waals surface area contributed by atoms with Crippen LogP contribution in [0.1, 0.15) is 46.0 Å². The van der Waals surface area contributed by atoms with E-state index in [1.54, 1.807) is 6.92 Å². The fraction of sp³-hybridized carbons (Fsp3) is 1.00. The molecule has 0 heterocycles. The van der Waals surface area contributed by atoms with Crippen LogP contribution in [0.5, 0.6) is 0 Å². The van der Waals surface area contributed by atoms with Gasteiger partial charge in [-0.05, 0) is 45.4 Å². The number of nitrogens with one attached hydrogen (secondary N) is 2. The van der Waals surface area contributed by atoms with Crippen molar-refractivity contribution in [3.8, 4) is 0 Å². The normalized spacial score (nSPS) is 26.3. The zero-order valence-electron chi connectivity index (χ0n) is 12.3. The van der Waals surface area contributed by atoms with E-state index in [9.17, 15) is 8.42 Å². The molecule has 0 amide bonds. The molecule has 0 aliphatic heterocycles. The Hall–Kier alpha value is 0.220. The van der Waals surface area contributed by atoms with Gasteiger partial charge in [0.25, 0.3) is 0 Å². The summed E-state index contributed by atoms with van der Waals surface area (Å²) < 4.78 is 27.4. The second kappa shape index (κ2) is 8.49. The van der Waals surface area contributed by atoms with E-state index in [-0.39, 0.29) is 11.3 Å². The predicted molar refractivity (Wildman–Crippen MR) is 84.2 cm³/mol. The SMILES string of the molecule is CCCNCC(C)S(=O)(=O)NC1CCCC(SC)C1. The third-order valence-corrected chi connectivity index (χ3v) is 6.66. The van der Waals surface area contributed by atoms with Gasteiger partial charge in [-0.25, -0.2) is 13.1 Å². The third-order valence-electron chi connectivity index (χ3n) is 3.68. The monoisotopic (exact) mass is 308 g/mol. The van der Waals surface area contributed by atoms with Crippen molar-refractivity contribution in [3.63, 3.8) is 0 Å². The Bertz CT molecular complexity index is 347. The van der Waals surface area contributed by atoms with E-state index < -0.39 is 10.0 Å². The van der Waals surface area contributed by atoms with Gasteiger partial charge in [0.1, 0.15) is 0 Å². The molecule has 4 nitrogen and oxygen atoms in total. The smallest absolute Gasteiger partial charge is 0.215 e. The van der Waals surface area contributed by atoms with Gasteiger partial charge in [-0.2, -0.15) is 11.8 Å². The maximum atomic E-state index is 12.2. The van der Waals surface area contributed by atoms with Crippen LogP contribution in [-0.2, 0) is 10.0 Å². The maximum Gasteiger partial charge on any atom is 0.215 e. The van der Waals surface area contributed by atoms with E-state index in [0.29, 0.717) is 11.8 Å². The van der Waals surface area contributed by atoms with E-state index >= 15 is 0 Å². The van der Waals surface area contributed by atoms with Crippen molar-refractivity contribution in [2.75, 3.05) is 19.3 Å². The number of sulfonamides is 1. The Kier molecular flexibility index (Phi) is 7.72. The van der Waals surface area contributed by atoms with Gasteiger partial charge in [0.2, 0.25) is 10.0 Å². The van der Waals surface area contributed by atoms with Gasteiger partial charge >= 0.3 is 0 Å². The summed E-state index contributed by atoms with van der Waals surface area (Å²) in [6.07, 6.45) is 7.42. The molecule has 0 aromatic carbocycles. The minimum atomic E-state index is -3.19. The number of hydrogen-bond acceptors (Lipinski definition) is 4. The molecule has 1 rings (SSSR count). The summed E-state index contributed by atoms with van der Waals surface area (Å²) >= 11 is 1.85. The molecule has 0 radical (unpaired) electrons. The summed E-state index contributed by atoms with van der Waals surface area (Å²) in [4.78, 5) is 0. The van der Waals surface area contributed by atoms with Crippen molar-refractivity contribution in [2.45, 2.75) is 62.5 Å². The summed E-state index contributed by atoms with van der Waals surface area (Å²) in [5.41, 5.74) is 0. The van der Waals surface area contributed by atoms with Crippen molar-refractivity contribution in [1.82, 2.24) is 10.0 Å². The summed E-state index contributed by atoms with van der Waals surface area (Å²) in [6.45, 7) is 5.26. The number of thioether (sulfide) groups is 1. The zero-order chi connectivity index (χ0) is 14.3. The van der Waals surface area contributed by atoms with E-state index in [1.807, 2.05) is 11.8 Å². The molecule has 0 aromatic heterocycles. The summed E-state index contributed by atoms with van der Waals surface area (Å²) in [5.74, 6) is 0. The van der Waals surface area contributed by atoms with Gasteiger partial charge in [-0.1, -0.05) is 13.3 Å². The molecule has 1 fully saturated rings. The van der Waals surface area contributed by atoms with E-state index in [2.05, 4.69) is 23.2 Å². The van der Waals surface area contributed by atoms with Crippen molar-refractivity contribution in [2.24, 2.45) is 0 Å². The Balaban J connectivity index is 2.44. The molecule has 3 atom stereocenters. The highest BCUT2D eigenvalue weighted by atomic mass is 32.2. The molecule has 3 unspecified atom stereocenters. The summed E-state index contributed by atoms with van der Waals surface area (Å²) in [6, 6.07) is 0.129. The van der Waals surface area contributed by atoms with Crippen LogP contribution in [0.4, 0.5) is 0 Å². The van der Waals surface area contributed by atoms with Crippen LogP contribution in [0, 0.1) is 0 Å². The summed E-state index contributed by atoms with van der Waals surface area (Å²) in [7, 11) is -3.19. The van der Waals surface area contributed by atoms with Crippen LogP contribution in [0.25, 0.3) is 0 Å². The Morgan fingerprint density at radius 3 is 2.74 bits per heavy atom.